The summed E-state index contributed by atoms with van der Waals surface area (Å²) in [6.45, 7) is 1.98. The fraction of sp³-hybridized carbons (Fsp3) is 0.154. The molecule has 0 fully saturated rings. The summed E-state index contributed by atoms with van der Waals surface area (Å²) in [6.07, 6.45) is 0. The lowest BCUT2D eigenvalue weighted by molar-refractivity contribution is 0.830. The van der Waals surface area contributed by atoms with Crippen LogP contribution < -0.4 is 11.0 Å². The molecule has 0 amide bonds. The molecule has 3 rings (SSSR count). The zero-order chi connectivity index (χ0) is 14.1. The molecule has 2 heterocycles. The maximum absolute atomic E-state index is 11.5. The van der Waals surface area contributed by atoms with Crippen molar-refractivity contribution in [1.82, 2.24) is 19.8 Å². The van der Waals surface area contributed by atoms with E-state index in [1.54, 1.807) is 12.1 Å². The number of aromatic nitrogens is 4. The van der Waals surface area contributed by atoms with E-state index >= 15 is 0 Å². The summed E-state index contributed by atoms with van der Waals surface area (Å²) in [6, 6.07) is 11.0. The minimum absolute atomic E-state index is 0.0312. The van der Waals surface area contributed by atoms with E-state index in [9.17, 15) is 4.79 Å². The molecule has 1 aromatic carbocycles. The second-order valence-corrected chi connectivity index (χ2v) is 4.81. The molecular formula is C13H12ClN5O. The van der Waals surface area contributed by atoms with Crippen molar-refractivity contribution in [1.29, 1.82) is 0 Å². The number of benzene rings is 1. The summed E-state index contributed by atoms with van der Waals surface area (Å²) in [5, 5.41) is 14.3. The van der Waals surface area contributed by atoms with Crippen molar-refractivity contribution < 1.29 is 0 Å². The van der Waals surface area contributed by atoms with Crippen LogP contribution in [0.3, 0.4) is 0 Å². The summed E-state index contributed by atoms with van der Waals surface area (Å²) in [5.41, 5.74) is 1.08. The Morgan fingerprint density at radius 1 is 1.30 bits per heavy atom. The minimum atomic E-state index is -0.367. The van der Waals surface area contributed by atoms with Gasteiger partial charge < -0.3 is 5.32 Å². The zero-order valence-corrected chi connectivity index (χ0v) is 11.4. The van der Waals surface area contributed by atoms with E-state index in [2.05, 4.69) is 20.6 Å². The van der Waals surface area contributed by atoms with E-state index in [1.807, 2.05) is 31.2 Å². The summed E-state index contributed by atoms with van der Waals surface area (Å²) < 4.78 is 1.21. The van der Waals surface area contributed by atoms with Crippen LogP contribution in [-0.4, -0.2) is 19.8 Å². The fourth-order valence-electron chi connectivity index (χ4n) is 2.01. The van der Waals surface area contributed by atoms with Crippen molar-refractivity contribution in [3.63, 3.8) is 0 Å². The average Bonchev–Trinajstić information content (AvgIpc) is 2.81. The number of anilines is 1. The summed E-state index contributed by atoms with van der Waals surface area (Å²) in [4.78, 5) is 11.5. The first-order chi connectivity index (χ1) is 9.65. The fourth-order valence-corrected chi connectivity index (χ4v) is 2.31. The van der Waals surface area contributed by atoms with Gasteiger partial charge in [-0.2, -0.15) is 9.61 Å². The molecule has 2 aromatic heterocycles. The lowest BCUT2D eigenvalue weighted by atomic mass is 10.1. The van der Waals surface area contributed by atoms with Crippen LogP contribution in [0.2, 0.25) is 5.02 Å². The highest BCUT2D eigenvalue weighted by Crippen LogP contribution is 2.24. The highest BCUT2D eigenvalue weighted by molar-refractivity contribution is 6.31. The van der Waals surface area contributed by atoms with Crippen molar-refractivity contribution in [2.24, 2.45) is 0 Å². The third-order valence-electron chi connectivity index (χ3n) is 3.01. The normalized spacial score (nSPS) is 12.5. The smallest absolute Gasteiger partial charge is 0.362 e. The quantitative estimate of drug-likeness (QED) is 0.775. The van der Waals surface area contributed by atoms with Crippen LogP contribution in [0.4, 0.5) is 5.82 Å². The van der Waals surface area contributed by atoms with E-state index in [-0.39, 0.29) is 11.7 Å². The van der Waals surface area contributed by atoms with Crippen LogP contribution in [0.15, 0.2) is 41.2 Å². The van der Waals surface area contributed by atoms with Crippen LogP contribution in [0.5, 0.6) is 0 Å². The van der Waals surface area contributed by atoms with Crippen LogP contribution in [0.1, 0.15) is 18.5 Å². The Morgan fingerprint density at radius 2 is 2.10 bits per heavy atom. The number of halogens is 1. The van der Waals surface area contributed by atoms with Gasteiger partial charge in [0, 0.05) is 5.02 Å². The Bertz CT molecular complexity index is 810. The van der Waals surface area contributed by atoms with Gasteiger partial charge in [0.1, 0.15) is 5.82 Å². The topological polar surface area (TPSA) is 75.1 Å². The number of H-pyrrole nitrogens is 1. The standard InChI is InChI=1S/C13H12ClN5O/c1-8(9-4-2-3-5-10(9)14)15-11-6-7-12-16-17-13(20)19(12)18-11/h2-8H,1H3,(H,15,18)(H,17,20). The number of rotatable bonds is 3. The first-order valence-electron chi connectivity index (χ1n) is 6.10. The second kappa shape index (κ2) is 4.97. The minimum Gasteiger partial charge on any atom is -0.362 e. The molecule has 1 atom stereocenters. The Kier molecular flexibility index (Phi) is 3.15. The van der Waals surface area contributed by atoms with Gasteiger partial charge in [-0.3, -0.25) is 0 Å². The maximum Gasteiger partial charge on any atom is 0.364 e. The molecule has 0 saturated heterocycles. The van der Waals surface area contributed by atoms with Gasteiger partial charge >= 0.3 is 5.69 Å². The predicted molar refractivity (Wildman–Crippen MR) is 77.1 cm³/mol. The highest BCUT2D eigenvalue weighted by atomic mass is 35.5. The molecule has 0 aliphatic rings. The average molecular weight is 290 g/mol. The van der Waals surface area contributed by atoms with Gasteiger partial charge in [0.15, 0.2) is 5.65 Å². The van der Waals surface area contributed by atoms with E-state index in [4.69, 9.17) is 11.6 Å². The number of aromatic amines is 1. The van der Waals surface area contributed by atoms with Gasteiger partial charge in [-0.1, -0.05) is 29.8 Å². The first kappa shape index (κ1) is 12.7. The van der Waals surface area contributed by atoms with E-state index in [0.29, 0.717) is 16.5 Å². The van der Waals surface area contributed by atoms with Crippen molar-refractivity contribution in [3.05, 3.63) is 57.5 Å². The molecule has 0 saturated carbocycles. The number of nitrogens with one attached hydrogen (secondary N) is 2. The molecule has 7 heteroatoms. The lowest BCUT2D eigenvalue weighted by Crippen LogP contribution is -2.15. The largest absolute Gasteiger partial charge is 0.364 e. The van der Waals surface area contributed by atoms with Gasteiger partial charge in [0.25, 0.3) is 0 Å². The predicted octanol–water partition coefficient (Wildman–Crippen LogP) is 2.24. The molecular weight excluding hydrogens is 278 g/mol. The van der Waals surface area contributed by atoms with Crippen LogP contribution in [0, 0.1) is 0 Å². The number of fused-ring (bicyclic) bond motifs is 1. The lowest BCUT2D eigenvalue weighted by Gasteiger charge is -2.15. The summed E-state index contributed by atoms with van der Waals surface area (Å²) in [7, 11) is 0. The molecule has 102 valence electrons. The second-order valence-electron chi connectivity index (χ2n) is 4.40. The van der Waals surface area contributed by atoms with Gasteiger partial charge in [-0.05, 0) is 30.7 Å². The highest BCUT2D eigenvalue weighted by Gasteiger charge is 2.10. The molecule has 1 unspecified atom stereocenters. The van der Waals surface area contributed by atoms with Crippen molar-refractivity contribution in [2.45, 2.75) is 13.0 Å². The number of nitrogens with zero attached hydrogens (tertiary/aromatic N) is 3. The van der Waals surface area contributed by atoms with E-state index in [1.165, 1.54) is 4.52 Å². The molecule has 0 bridgehead atoms. The van der Waals surface area contributed by atoms with Crippen molar-refractivity contribution in [3.8, 4) is 0 Å². The van der Waals surface area contributed by atoms with Crippen molar-refractivity contribution >= 4 is 23.1 Å². The summed E-state index contributed by atoms with van der Waals surface area (Å²) in [5.74, 6) is 0.577. The molecule has 6 nitrogen and oxygen atoms in total. The molecule has 20 heavy (non-hydrogen) atoms. The molecule has 3 aromatic rings. The first-order valence-corrected chi connectivity index (χ1v) is 6.48. The van der Waals surface area contributed by atoms with Crippen LogP contribution >= 0.6 is 11.6 Å². The molecule has 2 N–H and O–H groups in total. The Morgan fingerprint density at radius 3 is 2.90 bits per heavy atom. The third kappa shape index (κ3) is 2.25. The van der Waals surface area contributed by atoms with Crippen molar-refractivity contribution in [2.75, 3.05) is 5.32 Å². The van der Waals surface area contributed by atoms with E-state index in [0.717, 1.165) is 5.56 Å². The van der Waals surface area contributed by atoms with E-state index < -0.39 is 0 Å². The Hall–Kier alpha value is -2.34. The maximum atomic E-state index is 11.5. The molecule has 0 radical (unpaired) electrons. The van der Waals surface area contributed by atoms with Gasteiger partial charge in [0.05, 0.1) is 6.04 Å². The van der Waals surface area contributed by atoms with Gasteiger partial charge in [0.2, 0.25) is 0 Å². The Labute approximate surface area is 119 Å². The number of hydrogen-bond donors (Lipinski definition) is 2. The van der Waals surface area contributed by atoms with Crippen LogP contribution in [0.25, 0.3) is 5.65 Å². The third-order valence-corrected chi connectivity index (χ3v) is 3.35. The molecule has 0 aliphatic heterocycles. The monoisotopic (exact) mass is 289 g/mol. The molecule has 0 aliphatic carbocycles. The summed E-state index contributed by atoms with van der Waals surface area (Å²) >= 11 is 6.16. The van der Waals surface area contributed by atoms with Crippen LogP contribution in [-0.2, 0) is 0 Å². The Balaban J connectivity index is 1.91. The number of hydrogen-bond acceptors (Lipinski definition) is 4. The zero-order valence-electron chi connectivity index (χ0n) is 10.7. The molecule has 0 spiro atoms. The van der Waals surface area contributed by atoms with Gasteiger partial charge in [-0.25, -0.2) is 9.89 Å². The van der Waals surface area contributed by atoms with Gasteiger partial charge in [-0.15, -0.1) is 5.10 Å². The SMILES string of the molecule is CC(Nc1ccc2n[nH]c(=O)n2n1)c1ccccc1Cl.